The Hall–Kier alpha value is -1.62. The van der Waals surface area contributed by atoms with E-state index in [0.717, 1.165) is 31.0 Å². The fourth-order valence-electron chi connectivity index (χ4n) is 2.32. The van der Waals surface area contributed by atoms with Crippen LogP contribution in [0.5, 0.6) is 0 Å². The molecule has 1 aromatic rings. The highest BCUT2D eigenvalue weighted by molar-refractivity contribution is 5.72. The second-order valence-corrected chi connectivity index (χ2v) is 5.51. The minimum atomic E-state index is -0.224. The summed E-state index contributed by atoms with van der Waals surface area (Å²) in [6.45, 7) is 7.13. The number of hydrogen-bond acceptors (Lipinski definition) is 5. The Morgan fingerprint density at radius 3 is 3.05 bits per heavy atom. The van der Waals surface area contributed by atoms with Crippen molar-refractivity contribution < 1.29 is 9.53 Å². The van der Waals surface area contributed by atoms with Crippen molar-refractivity contribution in [2.45, 2.75) is 25.8 Å². The van der Waals surface area contributed by atoms with Gasteiger partial charge in [0.15, 0.2) is 0 Å². The average molecular weight is 263 g/mol. The molecule has 1 N–H and O–H groups in total. The zero-order chi connectivity index (χ0) is 13.9. The molecule has 0 saturated carbocycles. The predicted molar refractivity (Wildman–Crippen MR) is 74.3 cm³/mol. The highest BCUT2D eigenvalue weighted by Crippen LogP contribution is 2.18. The van der Waals surface area contributed by atoms with Crippen LogP contribution in [0.3, 0.4) is 0 Å². The Morgan fingerprint density at radius 1 is 1.58 bits per heavy atom. The third-order valence-electron chi connectivity index (χ3n) is 3.28. The van der Waals surface area contributed by atoms with Gasteiger partial charge in [0.1, 0.15) is 5.82 Å². The summed E-state index contributed by atoms with van der Waals surface area (Å²) < 4.78 is 4.69. The molecule has 1 fully saturated rings. The minimum Gasteiger partial charge on any atom is -0.469 e. The van der Waals surface area contributed by atoms with Crippen LogP contribution in [0.15, 0.2) is 18.3 Å². The number of piperazine rings is 1. The van der Waals surface area contributed by atoms with Gasteiger partial charge in [-0.2, -0.15) is 0 Å². The molecule has 1 saturated heterocycles. The lowest BCUT2D eigenvalue weighted by atomic mass is 10.0. The maximum atomic E-state index is 11.3. The van der Waals surface area contributed by atoms with E-state index in [-0.39, 0.29) is 11.5 Å². The van der Waals surface area contributed by atoms with Crippen LogP contribution in [0.2, 0.25) is 0 Å². The molecule has 1 aliphatic heterocycles. The number of ether oxygens (including phenoxy) is 1. The zero-order valence-electron chi connectivity index (χ0n) is 11.8. The Bertz CT molecular complexity index is 460. The van der Waals surface area contributed by atoms with Gasteiger partial charge in [-0.05, 0) is 31.5 Å². The number of nitrogens with zero attached hydrogens (tertiary/aromatic N) is 2. The molecule has 2 heterocycles. The van der Waals surface area contributed by atoms with E-state index in [4.69, 9.17) is 0 Å². The number of esters is 1. The van der Waals surface area contributed by atoms with Crippen molar-refractivity contribution in [2.24, 2.45) is 0 Å². The molecule has 1 aliphatic rings. The van der Waals surface area contributed by atoms with Gasteiger partial charge in [0.25, 0.3) is 0 Å². The molecular weight excluding hydrogens is 242 g/mol. The van der Waals surface area contributed by atoms with Crippen LogP contribution in [-0.2, 0) is 16.0 Å². The lowest BCUT2D eigenvalue weighted by molar-refractivity contribution is -0.139. The number of rotatable bonds is 3. The Labute approximate surface area is 114 Å². The van der Waals surface area contributed by atoms with E-state index >= 15 is 0 Å². The van der Waals surface area contributed by atoms with Gasteiger partial charge in [-0.15, -0.1) is 0 Å². The second kappa shape index (κ2) is 5.57. The van der Waals surface area contributed by atoms with Gasteiger partial charge in [0.05, 0.1) is 13.5 Å². The maximum Gasteiger partial charge on any atom is 0.309 e. The highest BCUT2D eigenvalue weighted by Gasteiger charge is 2.26. The first-order valence-corrected chi connectivity index (χ1v) is 6.52. The monoisotopic (exact) mass is 263 g/mol. The summed E-state index contributed by atoms with van der Waals surface area (Å²) >= 11 is 0. The van der Waals surface area contributed by atoms with Crippen LogP contribution >= 0.6 is 0 Å². The molecule has 104 valence electrons. The van der Waals surface area contributed by atoms with Crippen molar-refractivity contribution in [1.29, 1.82) is 0 Å². The highest BCUT2D eigenvalue weighted by atomic mass is 16.5. The lowest BCUT2D eigenvalue weighted by Crippen LogP contribution is -2.57. The van der Waals surface area contributed by atoms with E-state index in [2.05, 4.69) is 33.8 Å². The van der Waals surface area contributed by atoms with Crippen LogP contribution in [0.4, 0.5) is 5.82 Å². The Morgan fingerprint density at radius 2 is 2.37 bits per heavy atom. The van der Waals surface area contributed by atoms with Crippen molar-refractivity contribution >= 4 is 11.8 Å². The second-order valence-electron chi connectivity index (χ2n) is 5.51. The first kappa shape index (κ1) is 13.8. The molecule has 19 heavy (non-hydrogen) atoms. The van der Waals surface area contributed by atoms with Crippen molar-refractivity contribution in [3.8, 4) is 0 Å². The molecule has 5 heteroatoms. The third kappa shape index (κ3) is 3.67. The molecular formula is C14H21N3O2. The molecule has 0 atom stereocenters. The van der Waals surface area contributed by atoms with Gasteiger partial charge in [-0.3, -0.25) is 4.79 Å². The fraction of sp³-hybridized carbons (Fsp3) is 0.571. The van der Waals surface area contributed by atoms with Gasteiger partial charge in [-0.1, -0.05) is 0 Å². The molecule has 2 rings (SSSR count). The van der Waals surface area contributed by atoms with E-state index in [1.54, 1.807) is 6.20 Å². The Kier molecular flexibility index (Phi) is 4.04. The lowest BCUT2D eigenvalue weighted by Gasteiger charge is -2.39. The van der Waals surface area contributed by atoms with E-state index in [1.807, 2.05) is 12.1 Å². The number of methoxy groups -OCH3 is 1. The normalized spacial score (nSPS) is 18.2. The topological polar surface area (TPSA) is 54.5 Å². The summed E-state index contributed by atoms with van der Waals surface area (Å²) in [6.07, 6.45) is 2.05. The molecule has 0 unspecified atom stereocenters. The summed E-state index contributed by atoms with van der Waals surface area (Å²) in [5, 5.41) is 3.47. The molecule has 0 radical (unpaired) electrons. The van der Waals surface area contributed by atoms with Gasteiger partial charge in [0.2, 0.25) is 0 Å². The molecule has 0 aromatic carbocycles. The molecule has 1 aromatic heterocycles. The van der Waals surface area contributed by atoms with Gasteiger partial charge >= 0.3 is 5.97 Å². The molecule has 5 nitrogen and oxygen atoms in total. The SMILES string of the molecule is COC(=O)Cc1ccnc(N2CCNC(C)(C)C2)c1. The first-order valence-electron chi connectivity index (χ1n) is 6.52. The zero-order valence-corrected chi connectivity index (χ0v) is 11.8. The van der Waals surface area contributed by atoms with E-state index in [9.17, 15) is 4.79 Å². The van der Waals surface area contributed by atoms with Crippen LogP contribution in [0, 0.1) is 0 Å². The van der Waals surface area contributed by atoms with E-state index in [0.29, 0.717) is 6.42 Å². The largest absolute Gasteiger partial charge is 0.469 e. The number of anilines is 1. The molecule has 0 bridgehead atoms. The standard InChI is InChI=1S/C14H21N3O2/c1-14(2)10-17(7-6-16-14)12-8-11(4-5-15-12)9-13(18)19-3/h4-5,8,16H,6-7,9-10H2,1-3H3. The van der Waals surface area contributed by atoms with E-state index < -0.39 is 0 Å². The summed E-state index contributed by atoms with van der Waals surface area (Å²) in [7, 11) is 1.41. The summed E-state index contributed by atoms with van der Waals surface area (Å²) in [5.74, 6) is 0.703. The number of carbonyl (C=O) groups is 1. The van der Waals surface area contributed by atoms with E-state index in [1.165, 1.54) is 7.11 Å². The maximum absolute atomic E-state index is 11.3. The van der Waals surface area contributed by atoms with Crippen molar-refractivity contribution in [1.82, 2.24) is 10.3 Å². The Balaban J connectivity index is 2.12. The predicted octanol–water partition coefficient (Wildman–Crippen LogP) is 0.985. The van der Waals surface area contributed by atoms with Gasteiger partial charge in [0, 0.05) is 31.4 Å². The van der Waals surface area contributed by atoms with Crippen LogP contribution in [-0.4, -0.2) is 43.2 Å². The number of carbonyl (C=O) groups excluding carboxylic acids is 1. The molecule has 0 spiro atoms. The van der Waals surface area contributed by atoms with Crippen LogP contribution in [0.1, 0.15) is 19.4 Å². The number of pyridine rings is 1. The number of nitrogens with one attached hydrogen (secondary N) is 1. The summed E-state index contributed by atoms with van der Waals surface area (Å²) in [4.78, 5) is 18.0. The number of aromatic nitrogens is 1. The first-order chi connectivity index (χ1) is 9.00. The number of hydrogen-bond donors (Lipinski definition) is 1. The molecule has 0 amide bonds. The van der Waals surface area contributed by atoms with Gasteiger partial charge < -0.3 is 15.0 Å². The average Bonchev–Trinajstić information content (AvgIpc) is 2.38. The van der Waals surface area contributed by atoms with Crippen molar-refractivity contribution in [3.63, 3.8) is 0 Å². The van der Waals surface area contributed by atoms with Crippen LogP contribution in [0.25, 0.3) is 0 Å². The smallest absolute Gasteiger partial charge is 0.309 e. The minimum absolute atomic E-state index is 0.0816. The van der Waals surface area contributed by atoms with Crippen molar-refractivity contribution in [2.75, 3.05) is 31.6 Å². The quantitative estimate of drug-likeness (QED) is 0.824. The van der Waals surface area contributed by atoms with Crippen molar-refractivity contribution in [3.05, 3.63) is 23.9 Å². The third-order valence-corrected chi connectivity index (χ3v) is 3.28. The molecule has 0 aliphatic carbocycles. The summed E-state index contributed by atoms with van der Waals surface area (Å²) in [6, 6.07) is 3.83. The fourth-order valence-corrected chi connectivity index (χ4v) is 2.32. The van der Waals surface area contributed by atoms with Crippen LogP contribution < -0.4 is 10.2 Å². The summed E-state index contributed by atoms with van der Waals surface area (Å²) in [5.41, 5.74) is 1.02. The van der Waals surface area contributed by atoms with Gasteiger partial charge in [-0.25, -0.2) is 4.98 Å².